The maximum Gasteiger partial charge on any atom is -0.00463 e. The molecule has 0 aliphatic heterocycles. The average Bonchev–Trinajstić information content (AvgIpc) is 2.24. The molecule has 1 aliphatic rings. The molecule has 0 heterocycles. The molecule has 1 nitrogen and oxygen atoms in total. The van der Waals surface area contributed by atoms with Crippen LogP contribution in [0.15, 0.2) is 0 Å². The first-order valence-corrected chi connectivity index (χ1v) is 7.24. The molecule has 1 aliphatic carbocycles. The predicted octanol–water partition coefficient (Wildman–Crippen LogP) is 4.23. The monoisotopic (exact) mass is 225 g/mol. The van der Waals surface area contributed by atoms with E-state index in [0.717, 1.165) is 11.8 Å². The van der Waals surface area contributed by atoms with E-state index in [4.69, 9.17) is 0 Å². The van der Waals surface area contributed by atoms with E-state index in [0.29, 0.717) is 5.41 Å². The first-order chi connectivity index (χ1) is 7.54. The number of rotatable bonds is 5. The van der Waals surface area contributed by atoms with E-state index in [9.17, 15) is 0 Å². The fraction of sp³-hybridized carbons (Fsp3) is 1.00. The predicted molar refractivity (Wildman–Crippen MR) is 72.7 cm³/mol. The topological polar surface area (TPSA) is 12.0 Å². The van der Waals surface area contributed by atoms with Crippen molar-refractivity contribution in [1.82, 2.24) is 5.32 Å². The Hall–Kier alpha value is -0.0400. The highest BCUT2D eigenvalue weighted by atomic mass is 14.8. The van der Waals surface area contributed by atoms with Gasteiger partial charge in [0.25, 0.3) is 0 Å². The first kappa shape index (κ1) is 14.0. The SMILES string of the molecule is CCCNCCC1CCC(C(C)(C)C)CC1. The van der Waals surface area contributed by atoms with Gasteiger partial charge in [-0.25, -0.2) is 0 Å². The molecule has 1 fully saturated rings. The molecule has 16 heavy (non-hydrogen) atoms. The third-order valence-electron chi connectivity index (χ3n) is 4.23. The fourth-order valence-electron chi connectivity index (χ4n) is 2.93. The molecule has 1 rings (SSSR count). The van der Waals surface area contributed by atoms with Crippen molar-refractivity contribution < 1.29 is 0 Å². The molecule has 0 unspecified atom stereocenters. The lowest BCUT2D eigenvalue weighted by atomic mass is 9.69. The van der Waals surface area contributed by atoms with E-state index >= 15 is 0 Å². The van der Waals surface area contributed by atoms with Gasteiger partial charge in [-0.15, -0.1) is 0 Å². The summed E-state index contributed by atoms with van der Waals surface area (Å²) in [5.41, 5.74) is 0.533. The minimum Gasteiger partial charge on any atom is -0.317 e. The minimum absolute atomic E-state index is 0.533. The van der Waals surface area contributed by atoms with Crippen molar-refractivity contribution in [3.63, 3.8) is 0 Å². The standard InChI is InChI=1S/C15H31N/c1-5-11-16-12-10-13-6-8-14(9-7-13)15(2,3)4/h13-14,16H,5-12H2,1-4H3. The summed E-state index contributed by atoms with van der Waals surface area (Å²) in [6.07, 6.45) is 8.52. The van der Waals surface area contributed by atoms with Gasteiger partial charge in [0.2, 0.25) is 0 Å². The van der Waals surface area contributed by atoms with Gasteiger partial charge in [-0.1, -0.05) is 40.5 Å². The van der Waals surface area contributed by atoms with Crippen LogP contribution in [0, 0.1) is 17.3 Å². The van der Waals surface area contributed by atoms with Gasteiger partial charge in [0, 0.05) is 0 Å². The highest BCUT2D eigenvalue weighted by Crippen LogP contribution is 2.40. The molecule has 0 aromatic carbocycles. The molecule has 0 radical (unpaired) electrons. The molecule has 0 aromatic rings. The second-order valence-electron chi connectivity index (χ2n) is 6.62. The molecule has 0 spiro atoms. The Bertz CT molecular complexity index is 172. The Morgan fingerprint density at radius 3 is 2.12 bits per heavy atom. The lowest BCUT2D eigenvalue weighted by Gasteiger charge is -2.37. The third kappa shape index (κ3) is 4.86. The van der Waals surface area contributed by atoms with Gasteiger partial charge in [-0.3, -0.25) is 0 Å². The van der Waals surface area contributed by atoms with E-state index in [1.54, 1.807) is 0 Å². The summed E-state index contributed by atoms with van der Waals surface area (Å²) in [6, 6.07) is 0. The quantitative estimate of drug-likeness (QED) is 0.691. The second-order valence-corrected chi connectivity index (χ2v) is 6.62. The van der Waals surface area contributed by atoms with Gasteiger partial charge < -0.3 is 5.32 Å². The first-order valence-electron chi connectivity index (χ1n) is 7.24. The van der Waals surface area contributed by atoms with Crippen LogP contribution in [0.4, 0.5) is 0 Å². The molecule has 0 amide bonds. The van der Waals surface area contributed by atoms with Gasteiger partial charge in [0.1, 0.15) is 0 Å². The molecule has 1 heteroatoms. The van der Waals surface area contributed by atoms with E-state index < -0.39 is 0 Å². The molecule has 1 saturated carbocycles. The van der Waals surface area contributed by atoms with Crippen LogP contribution < -0.4 is 5.32 Å². The zero-order valence-electron chi connectivity index (χ0n) is 11.8. The lowest BCUT2D eigenvalue weighted by molar-refractivity contribution is 0.146. The lowest BCUT2D eigenvalue weighted by Crippen LogP contribution is -2.27. The molecule has 0 aromatic heterocycles. The van der Waals surface area contributed by atoms with Crippen LogP contribution in [0.1, 0.15) is 66.2 Å². The summed E-state index contributed by atoms with van der Waals surface area (Å²) < 4.78 is 0. The maximum absolute atomic E-state index is 3.52. The van der Waals surface area contributed by atoms with Gasteiger partial charge in [0.15, 0.2) is 0 Å². The summed E-state index contributed by atoms with van der Waals surface area (Å²) in [7, 11) is 0. The molecule has 0 atom stereocenters. The Morgan fingerprint density at radius 2 is 1.62 bits per heavy atom. The molecule has 96 valence electrons. The average molecular weight is 225 g/mol. The van der Waals surface area contributed by atoms with Crippen LogP contribution >= 0.6 is 0 Å². The molecule has 1 N–H and O–H groups in total. The summed E-state index contributed by atoms with van der Waals surface area (Å²) in [5.74, 6) is 1.97. The van der Waals surface area contributed by atoms with E-state index in [1.807, 2.05) is 0 Å². The Balaban J connectivity index is 2.12. The fourth-order valence-corrected chi connectivity index (χ4v) is 2.93. The van der Waals surface area contributed by atoms with Crippen LogP contribution in [0.3, 0.4) is 0 Å². The van der Waals surface area contributed by atoms with Crippen molar-refractivity contribution in [2.24, 2.45) is 17.3 Å². The third-order valence-corrected chi connectivity index (χ3v) is 4.23. The Kier molecular flexibility index (Phi) is 5.82. The van der Waals surface area contributed by atoms with Gasteiger partial charge in [-0.05, 0) is 56.0 Å². The van der Waals surface area contributed by atoms with Crippen molar-refractivity contribution in [3.8, 4) is 0 Å². The molecular formula is C15H31N. The zero-order valence-corrected chi connectivity index (χ0v) is 11.8. The highest BCUT2D eigenvalue weighted by Gasteiger charge is 2.29. The largest absolute Gasteiger partial charge is 0.317 e. The van der Waals surface area contributed by atoms with Gasteiger partial charge in [0.05, 0.1) is 0 Å². The maximum atomic E-state index is 3.52. The molecular weight excluding hydrogens is 194 g/mol. The van der Waals surface area contributed by atoms with Crippen LogP contribution in [-0.4, -0.2) is 13.1 Å². The summed E-state index contributed by atoms with van der Waals surface area (Å²) in [6.45, 7) is 11.9. The van der Waals surface area contributed by atoms with Crippen LogP contribution in [0.25, 0.3) is 0 Å². The van der Waals surface area contributed by atoms with Crippen LogP contribution in [0.2, 0.25) is 0 Å². The van der Waals surface area contributed by atoms with Crippen LogP contribution in [-0.2, 0) is 0 Å². The van der Waals surface area contributed by atoms with E-state index in [-0.39, 0.29) is 0 Å². The van der Waals surface area contributed by atoms with Crippen molar-refractivity contribution in [3.05, 3.63) is 0 Å². The molecule has 0 bridgehead atoms. The van der Waals surface area contributed by atoms with Crippen molar-refractivity contribution >= 4 is 0 Å². The van der Waals surface area contributed by atoms with Crippen LogP contribution in [0.5, 0.6) is 0 Å². The van der Waals surface area contributed by atoms with Crippen molar-refractivity contribution in [1.29, 1.82) is 0 Å². The second kappa shape index (κ2) is 6.64. The number of nitrogens with one attached hydrogen (secondary N) is 1. The smallest absolute Gasteiger partial charge is 0.00463 e. The zero-order chi connectivity index (χ0) is 12.0. The van der Waals surface area contributed by atoms with E-state index in [1.165, 1.54) is 51.6 Å². The molecule has 0 saturated heterocycles. The summed E-state index contributed by atoms with van der Waals surface area (Å²) in [4.78, 5) is 0. The van der Waals surface area contributed by atoms with Gasteiger partial charge >= 0.3 is 0 Å². The summed E-state index contributed by atoms with van der Waals surface area (Å²) in [5, 5.41) is 3.52. The van der Waals surface area contributed by atoms with E-state index in [2.05, 4.69) is 33.0 Å². The van der Waals surface area contributed by atoms with Gasteiger partial charge in [-0.2, -0.15) is 0 Å². The Morgan fingerprint density at radius 1 is 1.00 bits per heavy atom. The minimum atomic E-state index is 0.533. The van der Waals surface area contributed by atoms with Crippen molar-refractivity contribution in [2.45, 2.75) is 66.2 Å². The number of hydrogen-bond donors (Lipinski definition) is 1. The summed E-state index contributed by atoms with van der Waals surface area (Å²) >= 11 is 0. The Labute approximate surface area is 102 Å². The van der Waals surface area contributed by atoms with Crippen molar-refractivity contribution in [2.75, 3.05) is 13.1 Å². The normalized spacial score (nSPS) is 27.0. The highest BCUT2D eigenvalue weighted by molar-refractivity contribution is 4.80. The number of hydrogen-bond acceptors (Lipinski definition) is 1.